The second-order valence-corrected chi connectivity index (χ2v) is 10.8. The molecular formula is C29H36N4O2. The molecule has 1 heterocycles. The van der Waals surface area contributed by atoms with Crippen LogP contribution in [0.25, 0.3) is 10.9 Å². The quantitative estimate of drug-likeness (QED) is 0.428. The third kappa shape index (κ3) is 6.18. The molecule has 6 nitrogen and oxygen atoms in total. The third-order valence-electron chi connectivity index (χ3n) is 6.62. The molecule has 1 aliphatic carbocycles. The van der Waals surface area contributed by atoms with E-state index in [9.17, 15) is 9.59 Å². The van der Waals surface area contributed by atoms with Gasteiger partial charge < -0.3 is 16.0 Å². The van der Waals surface area contributed by atoms with Gasteiger partial charge in [0.1, 0.15) is 0 Å². The summed E-state index contributed by atoms with van der Waals surface area (Å²) < 4.78 is 0. The van der Waals surface area contributed by atoms with Gasteiger partial charge in [0, 0.05) is 52.4 Å². The lowest BCUT2D eigenvalue weighted by atomic mass is 9.89. The number of benzene rings is 2. The van der Waals surface area contributed by atoms with Gasteiger partial charge in [0.25, 0.3) is 5.91 Å². The number of aromatic nitrogens is 1. The second kappa shape index (κ2) is 10.1. The van der Waals surface area contributed by atoms with Crippen LogP contribution in [0.4, 0.5) is 11.4 Å². The summed E-state index contributed by atoms with van der Waals surface area (Å²) >= 11 is 0. The summed E-state index contributed by atoms with van der Waals surface area (Å²) in [6.07, 6.45) is 3.85. The first-order chi connectivity index (χ1) is 16.6. The van der Waals surface area contributed by atoms with E-state index >= 15 is 0 Å². The Morgan fingerprint density at radius 3 is 2.20 bits per heavy atom. The molecule has 3 N–H and O–H groups in total. The van der Waals surface area contributed by atoms with E-state index in [1.807, 2.05) is 0 Å². The molecule has 0 saturated heterocycles. The normalized spacial score (nSPS) is 18.2. The predicted octanol–water partition coefficient (Wildman–Crippen LogP) is 5.95. The van der Waals surface area contributed by atoms with E-state index in [2.05, 4.69) is 67.9 Å². The molecule has 2 aromatic carbocycles. The summed E-state index contributed by atoms with van der Waals surface area (Å²) in [6, 6.07) is 16.2. The fourth-order valence-corrected chi connectivity index (χ4v) is 4.62. The average molecular weight is 473 g/mol. The summed E-state index contributed by atoms with van der Waals surface area (Å²) in [7, 11) is 0. The molecule has 0 radical (unpaired) electrons. The monoisotopic (exact) mass is 472 g/mol. The van der Waals surface area contributed by atoms with Crippen LogP contribution < -0.4 is 16.0 Å². The molecule has 1 aromatic heterocycles. The molecule has 3 aromatic rings. The molecule has 0 unspecified atom stereocenters. The van der Waals surface area contributed by atoms with Gasteiger partial charge >= 0.3 is 0 Å². The first kappa shape index (κ1) is 24.7. The largest absolute Gasteiger partial charge is 0.382 e. The molecule has 0 bridgehead atoms. The fourth-order valence-electron chi connectivity index (χ4n) is 4.62. The van der Waals surface area contributed by atoms with Crippen LogP contribution in [-0.2, 0) is 10.2 Å². The van der Waals surface area contributed by atoms with Crippen LogP contribution in [-0.4, -0.2) is 28.9 Å². The molecule has 184 valence electrons. The highest BCUT2D eigenvalue weighted by molar-refractivity contribution is 5.95. The summed E-state index contributed by atoms with van der Waals surface area (Å²) in [4.78, 5) is 28.8. The van der Waals surface area contributed by atoms with Crippen molar-refractivity contribution >= 4 is 34.1 Å². The van der Waals surface area contributed by atoms with Crippen molar-refractivity contribution in [2.24, 2.45) is 0 Å². The van der Waals surface area contributed by atoms with Crippen LogP contribution in [0, 0.1) is 6.92 Å². The minimum Gasteiger partial charge on any atom is -0.382 e. The van der Waals surface area contributed by atoms with Gasteiger partial charge in [-0.3, -0.25) is 14.6 Å². The van der Waals surface area contributed by atoms with Crippen molar-refractivity contribution in [1.29, 1.82) is 0 Å². The van der Waals surface area contributed by atoms with Crippen LogP contribution in [0.5, 0.6) is 0 Å². The van der Waals surface area contributed by atoms with Gasteiger partial charge in [0.2, 0.25) is 5.91 Å². The summed E-state index contributed by atoms with van der Waals surface area (Å²) in [5.41, 5.74) is 5.75. The Kier molecular flexibility index (Phi) is 7.10. The minimum absolute atomic E-state index is 0.0300. The fraction of sp³-hybridized carbons (Fsp3) is 0.414. The van der Waals surface area contributed by atoms with Crippen molar-refractivity contribution in [2.75, 3.05) is 10.6 Å². The second-order valence-electron chi connectivity index (χ2n) is 10.8. The number of carbonyl (C=O) groups is 2. The van der Waals surface area contributed by atoms with Crippen LogP contribution >= 0.6 is 0 Å². The Morgan fingerprint density at radius 2 is 1.57 bits per heavy atom. The van der Waals surface area contributed by atoms with E-state index < -0.39 is 0 Å². The van der Waals surface area contributed by atoms with Gasteiger partial charge in [-0.25, -0.2) is 0 Å². The topological polar surface area (TPSA) is 83.1 Å². The van der Waals surface area contributed by atoms with Crippen LogP contribution in [0.3, 0.4) is 0 Å². The van der Waals surface area contributed by atoms with Crippen molar-refractivity contribution in [3.63, 3.8) is 0 Å². The highest BCUT2D eigenvalue weighted by Crippen LogP contribution is 2.32. The summed E-state index contributed by atoms with van der Waals surface area (Å²) in [5.74, 6) is -0.196. The molecule has 1 aliphatic rings. The Bertz CT molecular complexity index is 1220. The molecule has 0 spiro atoms. The van der Waals surface area contributed by atoms with Crippen molar-refractivity contribution in [3.05, 3.63) is 65.4 Å². The zero-order valence-corrected chi connectivity index (χ0v) is 21.4. The van der Waals surface area contributed by atoms with Crippen molar-refractivity contribution in [1.82, 2.24) is 10.3 Å². The molecule has 4 rings (SSSR count). The molecule has 0 atom stereocenters. The van der Waals surface area contributed by atoms with Crippen molar-refractivity contribution in [3.8, 4) is 0 Å². The lowest BCUT2D eigenvalue weighted by Gasteiger charge is -2.31. The maximum absolute atomic E-state index is 12.7. The Balaban J connectivity index is 1.39. The number of pyridine rings is 1. The zero-order valence-electron chi connectivity index (χ0n) is 21.4. The lowest BCUT2D eigenvalue weighted by molar-refractivity contribution is -0.114. The Labute approximate surface area is 207 Å². The highest BCUT2D eigenvalue weighted by Gasteiger charge is 2.24. The minimum atomic E-state index is -0.128. The first-order valence-electron chi connectivity index (χ1n) is 12.5. The molecule has 0 aliphatic heterocycles. The van der Waals surface area contributed by atoms with Gasteiger partial charge in [-0.1, -0.05) is 32.4 Å². The van der Waals surface area contributed by atoms with Crippen LogP contribution in [0.2, 0.25) is 0 Å². The molecule has 1 fully saturated rings. The van der Waals surface area contributed by atoms with E-state index in [1.54, 1.807) is 24.3 Å². The SMILES string of the molecule is CC(=O)Nc1ccc(C(=O)NC2CCC(Nc3cc(C(C)(C)C)nc4ccc(C)cc34)CC2)cc1. The molecule has 1 saturated carbocycles. The van der Waals surface area contributed by atoms with Crippen molar-refractivity contribution in [2.45, 2.75) is 77.8 Å². The Morgan fingerprint density at radius 1 is 0.914 bits per heavy atom. The smallest absolute Gasteiger partial charge is 0.251 e. The third-order valence-corrected chi connectivity index (χ3v) is 6.62. The number of nitrogens with zero attached hydrogens (tertiary/aromatic N) is 1. The number of amides is 2. The summed E-state index contributed by atoms with van der Waals surface area (Å²) in [5, 5.41) is 10.9. The standard InChI is InChI=1S/C29H36N4O2/c1-18-6-15-25-24(16-18)26(17-27(33-25)29(3,4)5)31-22-11-13-23(14-12-22)32-28(35)20-7-9-21(10-8-20)30-19(2)34/h6-10,15-17,22-23H,11-14H2,1-5H3,(H,30,34)(H,31,33)(H,32,35). The number of hydrogen-bond acceptors (Lipinski definition) is 4. The van der Waals surface area contributed by atoms with Gasteiger partial charge in [-0.2, -0.15) is 0 Å². The number of aryl methyl sites for hydroxylation is 1. The van der Waals surface area contributed by atoms with Gasteiger partial charge in [-0.15, -0.1) is 0 Å². The molecule has 35 heavy (non-hydrogen) atoms. The van der Waals surface area contributed by atoms with E-state index in [0.29, 0.717) is 17.3 Å². The van der Waals surface area contributed by atoms with Gasteiger partial charge in [-0.05, 0) is 75.1 Å². The number of hydrogen-bond donors (Lipinski definition) is 3. The number of anilines is 2. The van der Waals surface area contributed by atoms with E-state index in [1.165, 1.54) is 12.5 Å². The van der Waals surface area contributed by atoms with E-state index in [4.69, 9.17) is 4.98 Å². The maximum Gasteiger partial charge on any atom is 0.251 e. The van der Waals surface area contributed by atoms with Crippen LogP contribution in [0.1, 0.15) is 75.0 Å². The van der Waals surface area contributed by atoms with E-state index in [-0.39, 0.29) is 23.3 Å². The number of fused-ring (bicyclic) bond motifs is 1. The first-order valence-corrected chi connectivity index (χ1v) is 12.5. The zero-order chi connectivity index (χ0) is 25.2. The number of rotatable bonds is 5. The lowest BCUT2D eigenvalue weighted by Crippen LogP contribution is -2.40. The predicted molar refractivity (Wildman–Crippen MR) is 143 cm³/mol. The summed E-state index contributed by atoms with van der Waals surface area (Å²) in [6.45, 7) is 10.2. The highest BCUT2D eigenvalue weighted by atomic mass is 16.2. The molecular weight excluding hydrogens is 436 g/mol. The maximum atomic E-state index is 12.7. The molecule has 6 heteroatoms. The number of carbonyl (C=O) groups excluding carboxylic acids is 2. The van der Waals surface area contributed by atoms with Gasteiger partial charge in [0.05, 0.1) is 5.52 Å². The van der Waals surface area contributed by atoms with E-state index in [0.717, 1.165) is 48.0 Å². The number of nitrogens with one attached hydrogen (secondary N) is 3. The molecule has 2 amide bonds. The van der Waals surface area contributed by atoms with Crippen molar-refractivity contribution < 1.29 is 9.59 Å². The average Bonchev–Trinajstić information content (AvgIpc) is 2.80. The Hall–Kier alpha value is -3.41. The van der Waals surface area contributed by atoms with Gasteiger partial charge in [0.15, 0.2) is 0 Å². The van der Waals surface area contributed by atoms with Crippen LogP contribution in [0.15, 0.2) is 48.5 Å².